The van der Waals surface area contributed by atoms with E-state index in [-0.39, 0.29) is 0 Å². The fourth-order valence-corrected chi connectivity index (χ4v) is 3.20. The van der Waals surface area contributed by atoms with E-state index in [0.29, 0.717) is 18.2 Å². The zero-order valence-corrected chi connectivity index (χ0v) is 10.1. The summed E-state index contributed by atoms with van der Waals surface area (Å²) < 4.78 is 8.20. The predicted molar refractivity (Wildman–Crippen MR) is 67.0 cm³/mol. The van der Waals surface area contributed by atoms with Gasteiger partial charge in [-0.15, -0.1) is 0 Å². The molecule has 2 aromatic rings. The second-order valence-electron chi connectivity index (χ2n) is 5.08. The number of ether oxygens (including phenoxy) is 1. The fraction of sp³-hybridized carbons (Fsp3) is 0.429. The van der Waals surface area contributed by atoms with Crippen LogP contribution in [0.15, 0.2) is 36.9 Å². The first kappa shape index (κ1) is 10.3. The van der Waals surface area contributed by atoms with Crippen LogP contribution in [0.3, 0.4) is 0 Å². The molecule has 4 nitrogen and oxygen atoms in total. The maximum Gasteiger partial charge on any atom is 0.141 e. The summed E-state index contributed by atoms with van der Waals surface area (Å²) in [5.74, 6) is 1.00. The van der Waals surface area contributed by atoms with E-state index in [1.54, 1.807) is 6.20 Å². The van der Waals surface area contributed by atoms with Gasteiger partial charge in [0.2, 0.25) is 0 Å². The lowest BCUT2D eigenvalue weighted by molar-refractivity contribution is 0.0940. The Hall–Kier alpha value is -1.68. The van der Waals surface area contributed by atoms with Crippen LogP contribution in [0, 0.1) is 0 Å². The largest absolute Gasteiger partial charge is 0.373 e. The van der Waals surface area contributed by atoms with Crippen molar-refractivity contribution in [1.82, 2.24) is 14.5 Å². The Morgan fingerprint density at radius 2 is 2.28 bits per heavy atom. The summed E-state index contributed by atoms with van der Waals surface area (Å²) in [6, 6.07) is 4.45. The molecule has 0 unspecified atom stereocenters. The third kappa shape index (κ3) is 1.49. The summed E-state index contributed by atoms with van der Waals surface area (Å²) in [6.45, 7) is 0. The van der Waals surface area contributed by atoms with Crippen LogP contribution in [-0.4, -0.2) is 26.7 Å². The van der Waals surface area contributed by atoms with Crippen molar-refractivity contribution >= 4 is 0 Å². The van der Waals surface area contributed by atoms with Crippen molar-refractivity contribution < 1.29 is 4.74 Å². The number of imidazole rings is 1. The minimum atomic E-state index is 0.375. The van der Waals surface area contributed by atoms with Crippen LogP contribution < -0.4 is 0 Å². The molecule has 0 aromatic carbocycles. The fourth-order valence-electron chi connectivity index (χ4n) is 3.20. The summed E-state index contributed by atoms with van der Waals surface area (Å²) in [6.07, 6.45) is 11.9. The van der Waals surface area contributed by atoms with Gasteiger partial charge in [0.05, 0.1) is 18.2 Å². The van der Waals surface area contributed by atoms with Gasteiger partial charge in [-0.1, -0.05) is 0 Å². The molecule has 0 saturated carbocycles. The monoisotopic (exact) mass is 241 g/mol. The molecule has 0 radical (unpaired) electrons. The minimum absolute atomic E-state index is 0.375. The normalized spacial score (nSPS) is 29.9. The topological polar surface area (TPSA) is 39.9 Å². The molecule has 18 heavy (non-hydrogen) atoms. The third-order valence-corrected chi connectivity index (χ3v) is 4.02. The number of aromatic nitrogens is 3. The van der Waals surface area contributed by atoms with E-state index < -0.39 is 0 Å². The predicted octanol–water partition coefficient (Wildman–Crippen LogP) is 2.44. The van der Waals surface area contributed by atoms with Crippen molar-refractivity contribution in [3.05, 3.63) is 36.9 Å². The van der Waals surface area contributed by atoms with Gasteiger partial charge in [0.25, 0.3) is 0 Å². The van der Waals surface area contributed by atoms with Crippen LogP contribution in [-0.2, 0) is 4.74 Å². The van der Waals surface area contributed by atoms with Crippen LogP contribution in [0.5, 0.6) is 0 Å². The lowest BCUT2D eigenvalue weighted by Crippen LogP contribution is -2.21. The van der Waals surface area contributed by atoms with Crippen molar-refractivity contribution in [2.75, 3.05) is 0 Å². The van der Waals surface area contributed by atoms with Crippen molar-refractivity contribution in [2.45, 2.75) is 37.5 Å². The van der Waals surface area contributed by atoms with Crippen molar-refractivity contribution in [2.24, 2.45) is 0 Å². The molecule has 3 atom stereocenters. The van der Waals surface area contributed by atoms with Gasteiger partial charge in [-0.2, -0.15) is 0 Å². The molecule has 2 aliphatic heterocycles. The van der Waals surface area contributed by atoms with Crippen molar-refractivity contribution in [1.29, 1.82) is 0 Å². The Kier molecular flexibility index (Phi) is 2.23. The smallest absolute Gasteiger partial charge is 0.141 e. The summed E-state index contributed by atoms with van der Waals surface area (Å²) in [5.41, 5.74) is 1.07. The summed E-state index contributed by atoms with van der Waals surface area (Å²) in [4.78, 5) is 8.65. The van der Waals surface area contributed by atoms with Gasteiger partial charge in [0, 0.05) is 30.4 Å². The number of rotatable bonds is 2. The minimum Gasteiger partial charge on any atom is -0.373 e. The second-order valence-corrected chi connectivity index (χ2v) is 5.08. The Balaban J connectivity index is 1.73. The molecular weight excluding hydrogens is 226 g/mol. The molecular formula is C14H15N3O. The quantitative estimate of drug-likeness (QED) is 0.810. The van der Waals surface area contributed by atoms with E-state index in [2.05, 4.69) is 26.8 Å². The van der Waals surface area contributed by atoms with E-state index in [1.165, 1.54) is 12.8 Å². The Morgan fingerprint density at radius 3 is 3.00 bits per heavy atom. The zero-order valence-electron chi connectivity index (χ0n) is 10.1. The van der Waals surface area contributed by atoms with Crippen LogP contribution in [0.4, 0.5) is 0 Å². The Labute approximate surface area is 106 Å². The summed E-state index contributed by atoms with van der Waals surface area (Å²) in [7, 11) is 0. The highest BCUT2D eigenvalue weighted by atomic mass is 16.5. The van der Waals surface area contributed by atoms with E-state index >= 15 is 0 Å². The number of pyridine rings is 1. The van der Waals surface area contributed by atoms with E-state index in [4.69, 9.17) is 4.74 Å². The first-order valence-corrected chi connectivity index (χ1v) is 6.50. The SMILES string of the molecule is c1cncc(-c2nccn2[C@@H]2C[C@@H]3CC[C@H]2O3)c1. The van der Waals surface area contributed by atoms with Gasteiger partial charge in [0.1, 0.15) is 5.82 Å². The molecule has 4 heteroatoms. The molecule has 0 aliphatic carbocycles. The maximum absolute atomic E-state index is 5.94. The molecule has 2 aliphatic rings. The van der Waals surface area contributed by atoms with Gasteiger partial charge in [-0.05, 0) is 31.4 Å². The van der Waals surface area contributed by atoms with Crippen molar-refractivity contribution in [3.63, 3.8) is 0 Å². The van der Waals surface area contributed by atoms with Crippen LogP contribution in [0.25, 0.3) is 11.4 Å². The van der Waals surface area contributed by atoms with Gasteiger partial charge in [0.15, 0.2) is 0 Å². The summed E-state index contributed by atoms with van der Waals surface area (Å²) in [5, 5.41) is 0. The standard InChI is InChI=1S/C14H15N3O/c1-2-10(9-15-5-1)14-16-6-7-17(14)12-8-11-3-4-13(12)18-11/h1-2,5-7,9,11-13H,3-4,8H2/t11-,12+,13+/m0/s1. The lowest BCUT2D eigenvalue weighted by atomic mass is 9.95. The molecule has 2 aromatic heterocycles. The molecule has 0 spiro atoms. The number of hydrogen-bond acceptors (Lipinski definition) is 3. The molecule has 0 amide bonds. The number of nitrogens with zero attached hydrogens (tertiary/aromatic N) is 3. The zero-order chi connectivity index (χ0) is 11.9. The molecule has 92 valence electrons. The Morgan fingerprint density at radius 1 is 1.28 bits per heavy atom. The highest BCUT2D eigenvalue weighted by molar-refractivity contribution is 5.53. The van der Waals surface area contributed by atoms with Gasteiger partial charge in [-0.3, -0.25) is 4.98 Å². The highest BCUT2D eigenvalue weighted by Gasteiger charge is 2.42. The highest BCUT2D eigenvalue weighted by Crippen LogP contribution is 2.42. The molecule has 4 rings (SSSR count). The average Bonchev–Trinajstić information content (AvgIpc) is 3.15. The summed E-state index contributed by atoms with van der Waals surface area (Å²) >= 11 is 0. The number of fused-ring (bicyclic) bond motifs is 2. The molecule has 2 bridgehead atoms. The molecule has 0 N–H and O–H groups in total. The molecule has 2 saturated heterocycles. The van der Waals surface area contributed by atoms with Gasteiger partial charge < -0.3 is 9.30 Å². The van der Waals surface area contributed by atoms with E-state index in [0.717, 1.165) is 17.8 Å². The second kappa shape index (κ2) is 3.92. The third-order valence-electron chi connectivity index (χ3n) is 4.02. The van der Waals surface area contributed by atoms with Crippen LogP contribution in [0.2, 0.25) is 0 Å². The number of hydrogen-bond donors (Lipinski definition) is 0. The van der Waals surface area contributed by atoms with Crippen molar-refractivity contribution in [3.8, 4) is 11.4 Å². The van der Waals surface area contributed by atoms with Crippen LogP contribution >= 0.6 is 0 Å². The average molecular weight is 241 g/mol. The molecule has 2 fully saturated rings. The lowest BCUT2D eigenvalue weighted by Gasteiger charge is -2.22. The van der Waals surface area contributed by atoms with E-state index in [9.17, 15) is 0 Å². The first-order valence-electron chi connectivity index (χ1n) is 6.50. The van der Waals surface area contributed by atoms with Crippen LogP contribution in [0.1, 0.15) is 25.3 Å². The first-order chi connectivity index (χ1) is 8.92. The maximum atomic E-state index is 5.94. The van der Waals surface area contributed by atoms with E-state index in [1.807, 2.05) is 18.5 Å². The van der Waals surface area contributed by atoms with Gasteiger partial charge in [-0.25, -0.2) is 4.98 Å². The van der Waals surface area contributed by atoms with Gasteiger partial charge >= 0.3 is 0 Å². The molecule has 4 heterocycles. The Bertz CT molecular complexity index is 551.